The summed E-state index contributed by atoms with van der Waals surface area (Å²) in [5.74, 6) is -0.945. The van der Waals surface area contributed by atoms with Crippen LogP contribution < -0.4 is 0 Å². The third-order valence-corrected chi connectivity index (χ3v) is 3.31. The number of carboxylic acids is 1. The van der Waals surface area contributed by atoms with Crippen LogP contribution in [0.25, 0.3) is 10.9 Å². The Bertz CT molecular complexity index is 778. The normalized spacial score (nSPS) is 10.8. The molecule has 0 aliphatic heterocycles. The fraction of sp³-hybridized carbons (Fsp3) is 0.0667. The van der Waals surface area contributed by atoms with Gasteiger partial charge in [0, 0.05) is 16.6 Å². The summed E-state index contributed by atoms with van der Waals surface area (Å²) in [6.45, 7) is 0.619. The van der Waals surface area contributed by atoms with Crippen LogP contribution in [0.4, 0.5) is 0 Å². The van der Waals surface area contributed by atoms with Crippen LogP contribution in [0.2, 0.25) is 5.02 Å². The van der Waals surface area contributed by atoms with Crippen LogP contribution in [0.3, 0.4) is 0 Å². The van der Waals surface area contributed by atoms with E-state index in [1.54, 1.807) is 22.9 Å². The van der Waals surface area contributed by atoms with Gasteiger partial charge in [0.2, 0.25) is 0 Å². The molecule has 1 aromatic heterocycles. The second-order valence-corrected chi connectivity index (χ2v) is 4.97. The second-order valence-electron chi connectivity index (χ2n) is 4.53. The van der Waals surface area contributed by atoms with Crippen molar-refractivity contribution >= 4 is 28.5 Å². The maximum Gasteiger partial charge on any atom is 0.335 e. The molecule has 0 fully saturated rings. The van der Waals surface area contributed by atoms with Crippen LogP contribution >= 0.6 is 11.6 Å². The number of hydrogen-bond donors (Lipinski definition) is 1. The molecular formula is C15H11ClN2O2. The topological polar surface area (TPSA) is 55.1 Å². The minimum Gasteiger partial charge on any atom is -0.478 e. The van der Waals surface area contributed by atoms with E-state index in [0.29, 0.717) is 17.1 Å². The highest BCUT2D eigenvalue weighted by Gasteiger charge is 2.07. The second kappa shape index (κ2) is 4.98. The molecule has 2 aromatic carbocycles. The zero-order valence-corrected chi connectivity index (χ0v) is 11.2. The van der Waals surface area contributed by atoms with E-state index in [2.05, 4.69) is 5.10 Å². The lowest BCUT2D eigenvalue weighted by Crippen LogP contribution is -1.99. The van der Waals surface area contributed by atoms with Crippen LogP contribution in [-0.4, -0.2) is 20.9 Å². The van der Waals surface area contributed by atoms with Gasteiger partial charge in [0.15, 0.2) is 0 Å². The Morgan fingerprint density at radius 2 is 1.95 bits per heavy atom. The molecule has 100 valence electrons. The fourth-order valence-corrected chi connectivity index (χ4v) is 2.18. The van der Waals surface area contributed by atoms with Gasteiger partial charge < -0.3 is 5.11 Å². The Balaban J connectivity index is 1.92. The van der Waals surface area contributed by atoms with Crippen LogP contribution in [-0.2, 0) is 6.54 Å². The first-order valence-corrected chi connectivity index (χ1v) is 6.44. The van der Waals surface area contributed by atoms with Gasteiger partial charge in [-0.3, -0.25) is 4.68 Å². The van der Waals surface area contributed by atoms with Gasteiger partial charge in [0.25, 0.3) is 0 Å². The van der Waals surface area contributed by atoms with E-state index < -0.39 is 5.97 Å². The van der Waals surface area contributed by atoms with Gasteiger partial charge >= 0.3 is 5.97 Å². The highest BCUT2D eigenvalue weighted by Crippen LogP contribution is 2.16. The van der Waals surface area contributed by atoms with Gasteiger partial charge in [0.1, 0.15) is 0 Å². The van der Waals surface area contributed by atoms with Crippen molar-refractivity contribution in [3.63, 3.8) is 0 Å². The monoisotopic (exact) mass is 286 g/mol. The lowest BCUT2D eigenvalue weighted by atomic mass is 10.2. The number of benzene rings is 2. The Morgan fingerprint density at radius 3 is 2.65 bits per heavy atom. The largest absolute Gasteiger partial charge is 0.478 e. The van der Waals surface area contributed by atoms with Crippen molar-refractivity contribution < 1.29 is 9.90 Å². The first-order chi connectivity index (χ1) is 9.61. The molecule has 3 rings (SSSR count). The summed E-state index contributed by atoms with van der Waals surface area (Å²) in [5, 5.41) is 15.0. The smallest absolute Gasteiger partial charge is 0.335 e. The number of carbonyl (C=O) groups is 1. The number of carboxylic acid groups (broad SMARTS) is 1. The average molecular weight is 287 g/mol. The number of aromatic nitrogens is 2. The van der Waals surface area contributed by atoms with Crippen LogP contribution in [0, 0.1) is 0 Å². The van der Waals surface area contributed by atoms with Gasteiger partial charge in [-0.15, -0.1) is 0 Å². The van der Waals surface area contributed by atoms with E-state index in [-0.39, 0.29) is 5.56 Å². The van der Waals surface area contributed by atoms with Gasteiger partial charge in [-0.05, 0) is 29.8 Å². The van der Waals surface area contributed by atoms with Crippen LogP contribution in [0.15, 0.2) is 48.7 Å². The van der Waals surface area contributed by atoms with Gasteiger partial charge in [-0.25, -0.2) is 4.79 Å². The standard InChI is InChI=1S/C15H11ClN2O2/c16-13-5-1-10(2-6-13)8-18-9-12-4-3-11(15(19)20)7-14(12)17-18/h1-7,9H,8H2,(H,19,20). The molecule has 0 amide bonds. The molecule has 0 atom stereocenters. The average Bonchev–Trinajstić information content (AvgIpc) is 2.82. The summed E-state index contributed by atoms with van der Waals surface area (Å²) in [5.41, 5.74) is 2.01. The number of fused-ring (bicyclic) bond motifs is 1. The van der Waals surface area contributed by atoms with Crippen molar-refractivity contribution in [1.82, 2.24) is 9.78 Å². The first kappa shape index (κ1) is 12.7. The zero-order valence-electron chi connectivity index (χ0n) is 10.5. The molecule has 0 saturated heterocycles. The number of halogens is 1. The summed E-state index contributed by atoms with van der Waals surface area (Å²) in [4.78, 5) is 10.9. The minimum atomic E-state index is -0.945. The lowest BCUT2D eigenvalue weighted by molar-refractivity contribution is 0.0697. The van der Waals surface area contributed by atoms with Crippen molar-refractivity contribution in [2.75, 3.05) is 0 Å². The predicted molar refractivity (Wildman–Crippen MR) is 77.2 cm³/mol. The Hall–Kier alpha value is -2.33. The SMILES string of the molecule is O=C(O)c1ccc2cn(Cc3ccc(Cl)cc3)nc2c1. The van der Waals surface area contributed by atoms with Crippen molar-refractivity contribution in [2.24, 2.45) is 0 Å². The van der Waals surface area contributed by atoms with E-state index in [1.165, 1.54) is 0 Å². The summed E-state index contributed by atoms with van der Waals surface area (Å²) in [6.07, 6.45) is 1.90. The third-order valence-electron chi connectivity index (χ3n) is 3.06. The van der Waals surface area contributed by atoms with Crippen LogP contribution in [0.5, 0.6) is 0 Å². The number of rotatable bonds is 3. The molecule has 4 nitrogen and oxygen atoms in total. The van der Waals surface area contributed by atoms with E-state index >= 15 is 0 Å². The van der Waals surface area contributed by atoms with Crippen molar-refractivity contribution in [1.29, 1.82) is 0 Å². The maximum absolute atomic E-state index is 10.9. The highest BCUT2D eigenvalue weighted by atomic mass is 35.5. The van der Waals surface area contributed by atoms with Crippen LogP contribution in [0.1, 0.15) is 15.9 Å². The number of nitrogens with zero attached hydrogens (tertiary/aromatic N) is 2. The van der Waals surface area contributed by atoms with Gasteiger partial charge in [0.05, 0.1) is 17.6 Å². The van der Waals surface area contributed by atoms with Gasteiger partial charge in [-0.2, -0.15) is 5.10 Å². The van der Waals surface area contributed by atoms with E-state index in [0.717, 1.165) is 10.9 Å². The zero-order chi connectivity index (χ0) is 14.1. The molecule has 0 aliphatic rings. The Kier molecular flexibility index (Phi) is 3.16. The number of hydrogen-bond acceptors (Lipinski definition) is 2. The molecular weight excluding hydrogens is 276 g/mol. The fourth-order valence-electron chi connectivity index (χ4n) is 2.06. The van der Waals surface area contributed by atoms with Crippen molar-refractivity contribution in [3.05, 3.63) is 64.8 Å². The number of aromatic carboxylic acids is 1. The summed E-state index contributed by atoms with van der Waals surface area (Å²) in [7, 11) is 0. The summed E-state index contributed by atoms with van der Waals surface area (Å²) >= 11 is 5.85. The quantitative estimate of drug-likeness (QED) is 0.802. The minimum absolute atomic E-state index is 0.245. The molecule has 0 radical (unpaired) electrons. The molecule has 0 aliphatic carbocycles. The summed E-state index contributed by atoms with van der Waals surface area (Å²) < 4.78 is 1.79. The molecule has 3 aromatic rings. The molecule has 20 heavy (non-hydrogen) atoms. The van der Waals surface area contributed by atoms with Crippen molar-refractivity contribution in [3.8, 4) is 0 Å². The highest BCUT2D eigenvalue weighted by molar-refractivity contribution is 6.30. The molecule has 0 saturated carbocycles. The van der Waals surface area contributed by atoms with Gasteiger partial charge in [-0.1, -0.05) is 29.8 Å². The first-order valence-electron chi connectivity index (χ1n) is 6.07. The molecule has 1 N–H and O–H groups in total. The Labute approximate surface area is 120 Å². The van der Waals surface area contributed by atoms with E-state index in [1.807, 2.05) is 30.5 Å². The Morgan fingerprint density at radius 1 is 1.20 bits per heavy atom. The summed E-state index contributed by atoms with van der Waals surface area (Å²) in [6, 6.07) is 12.5. The lowest BCUT2D eigenvalue weighted by Gasteiger charge is -2.01. The van der Waals surface area contributed by atoms with E-state index in [9.17, 15) is 4.79 Å². The third kappa shape index (κ3) is 2.51. The molecule has 1 heterocycles. The predicted octanol–water partition coefficient (Wildman–Crippen LogP) is 3.44. The van der Waals surface area contributed by atoms with E-state index in [4.69, 9.17) is 16.7 Å². The molecule has 0 bridgehead atoms. The molecule has 0 unspecified atom stereocenters. The molecule has 0 spiro atoms. The van der Waals surface area contributed by atoms with Crippen molar-refractivity contribution in [2.45, 2.75) is 6.54 Å². The molecule has 5 heteroatoms. The maximum atomic E-state index is 10.9.